The number of benzene rings is 2. The fourth-order valence-electron chi connectivity index (χ4n) is 2.17. The maximum Gasteiger partial charge on any atom is 0.113 e. The summed E-state index contributed by atoms with van der Waals surface area (Å²) in [6.07, 6.45) is 0. The molecule has 0 aliphatic rings. The van der Waals surface area contributed by atoms with E-state index < -0.39 is 0 Å². The molecule has 0 spiro atoms. The van der Waals surface area contributed by atoms with Crippen LogP contribution in [0.2, 0.25) is 0 Å². The predicted molar refractivity (Wildman–Crippen MR) is 69.0 cm³/mol. The molecule has 0 atom stereocenters. The predicted octanol–water partition coefficient (Wildman–Crippen LogP) is 2.50. The molecule has 0 amide bonds. The van der Waals surface area contributed by atoms with Gasteiger partial charge in [0.1, 0.15) is 11.0 Å². The largest absolute Gasteiger partial charge is 0.277 e. The summed E-state index contributed by atoms with van der Waals surface area (Å²) in [6, 6.07) is 14.0. The number of fused-ring (bicyclic) bond motifs is 2. The molecule has 86 valence electrons. The summed E-state index contributed by atoms with van der Waals surface area (Å²) in [5, 5.41) is 19.3. The standard InChI is InChI=1S/C13H9N5/c1-2-4-10-9(3-1)13(17-14-10)8-5-6-11-12(7-8)16-18-15-11/h1-7H,(H,14,17)(H,15,16,18). The monoisotopic (exact) mass is 235 g/mol. The van der Waals surface area contributed by atoms with Crippen molar-refractivity contribution in [2.45, 2.75) is 0 Å². The van der Waals surface area contributed by atoms with E-state index in [-0.39, 0.29) is 0 Å². The highest BCUT2D eigenvalue weighted by Crippen LogP contribution is 2.27. The average molecular weight is 235 g/mol. The van der Waals surface area contributed by atoms with E-state index in [9.17, 15) is 0 Å². The van der Waals surface area contributed by atoms with Crippen LogP contribution in [0.5, 0.6) is 0 Å². The second-order valence-corrected chi connectivity index (χ2v) is 4.14. The molecule has 5 nitrogen and oxygen atoms in total. The summed E-state index contributed by atoms with van der Waals surface area (Å²) < 4.78 is 0. The Kier molecular flexibility index (Phi) is 1.77. The molecule has 0 saturated carbocycles. The van der Waals surface area contributed by atoms with Crippen LogP contribution in [0.25, 0.3) is 33.2 Å². The molecule has 0 bridgehead atoms. The third kappa shape index (κ3) is 1.24. The van der Waals surface area contributed by atoms with Gasteiger partial charge in [-0.1, -0.05) is 24.3 Å². The molecule has 0 aliphatic carbocycles. The van der Waals surface area contributed by atoms with Crippen molar-refractivity contribution < 1.29 is 0 Å². The molecule has 0 radical (unpaired) electrons. The SMILES string of the molecule is c1ccc2c(-c3ccc4n[nH]nc4c3)n[nH]c2c1. The molecule has 2 heterocycles. The molecule has 0 fully saturated rings. The third-order valence-electron chi connectivity index (χ3n) is 3.06. The first kappa shape index (κ1) is 9.35. The van der Waals surface area contributed by atoms with Crippen molar-refractivity contribution in [2.75, 3.05) is 0 Å². The average Bonchev–Trinajstić information content (AvgIpc) is 3.04. The van der Waals surface area contributed by atoms with Gasteiger partial charge < -0.3 is 0 Å². The zero-order valence-corrected chi connectivity index (χ0v) is 9.38. The highest BCUT2D eigenvalue weighted by molar-refractivity contribution is 5.94. The van der Waals surface area contributed by atoms with E-state index >= 15 is 0 Å². The Morgan fingerprint density at radius 3 is 2.72 bits per heavy atom. The Morgan fingerprint density at radius 2 is 1.72 bits per heavy atom. The van der Waals surface area contributed by atoms with Gasteiger partial charge in [0.2, 0.25) is 0 Å². The van der Waals surface area contributed by atoms with E-state index in [0.717, 1.165) is 33.2 Å². The number of hydrogen-bond donors (Lipinski definition) is 2. The van der Waals surface area contributed by atoms with E-state index in [1.165, 1.54) is 0 Å². The number of rotatable bonds is 1. The molecule has 0 saturated heterocycles. The molecule has 5 heteroatoms. The van der Waals surface area contributed by atoms with E-state index in [4.69, 9.17) is 0 Å². The topological polar surface area (TPSA) is 70.2 Å². The van der Waals surface area contributed by atoms with Crippen molar-refractivity contribution >= 4 is 21.9 Å². The van der Waals surface area contributed by atoms with Gasteiger partial charge in [0.25, 0.3) is 0 Å². The first-order valence-electron chi connectivity index (χ1n) is 5.66. The summed E-state index contributed by atoms with van der Waals surface area (Å²) in [4.78, 5) is 0. The zero-order valence-electron chi connectivity index (χ0n) is 9.38. The number of aromatic amines is 2. The van der Waals surface area contributed by atoms with Crippen LogP contribution in [0.4, 0.5) is 0 Å². The minimum Gasteiger partial charge on any atom is -0.277 e. The second-order valence-electron chi connectivity index (χ2n) is 4.14. The Balaban J connectivity index is 2.00. The molecule has 18 heavy (non-hydrogen) atoms. The summed E-state index contributed by atoms with van der Waals surface area (Å²) in [5.41, 5.74) is 4.72. The summed E-state index contributed by atoms with van der Waals surface area (Å²) in [5.74, 6) is 0. The van der Waals surface area contributed by atoms with Gasteiger partial charge in [0, 0.05) is 10.9 Å². The van der Waals surface area contributed by atoms with Crippen molar-refractivity contribution in [1.82, 2.24) is 25.6 Å². The smallest absolute Gasteiger partial charge is 0.113 e. The van der Waals surface area contributed by atoms with Crippen molar-refractivity contribution in [3.8, 4) is 11.3 Å². The Morgan fingerprint density at radius 1 is 0.833 bits per heavy atom. The fourth-order valence-corrected chi connectivity index (χ4v) is 2.17. The summed E-state index contributed by atoms with van der Waals surface area (Å²) in [7, 11) is 0. The number of aromatic nitrogens is 5. The van der Waals surface area contributed by atoms with Crippen molar-refractivity contribution in [1.29, 1.82) is 0 Å². The van der Waals surface area contributed by atoms with Crippen molar-refractivity contribution in [3.05, 3.63) is 42.5 Å². The number of nitrogens with zero attached hydrogens (tertiary/aromatic N) is 3. The number of hydrogen-bond acceptors (Lipinski definition) is 3. The fraction of sp³-hybridized carbons (Fsp3) is 0. The minimum atomic E-state index is 0.847. The van der Waals surface area contributed by atoms with Crippen LogP contribution in [0, 0.1) is 0 Å². The van der Waals surface area contributed by atoms with Crippen molar-refractivity contribution in [2.24, 2.45) is 0 Å². The Labute approximate surface area is 102 Å². The second kappa shape index (κ2) is 3.40. The highest BCUT2D eigenvalue weighted by atomic mass is 15.3. The molecular weight excluding hydrogens is 226 g/mol. The molecule has 0 unspecified atom stereocenters. The third-order valence-corrected chi connectivity index (χ3v) is 3.06. The normalized spacial score (nSPS) is 11.3. The van der Waals surface area contributed by atoms with Crippen LogP contribution >= 0.6 is 0 Å². The lowest BCUT2D eigenvalue weighted by Gasteiger charge is -1.97. The highest BCUT2D eigenvalue weighted by Gasteiger charge is 2.08. The van der Waals surface area contributed by atoms with Gasteiger partial charge in [-0.25, -0.2) is 0 Å². The van der Waals surface area contributed by atoms with Crippen LogP contribution in [0.1, 0.15) is 0 Å². The summed E-state index contributed by atoms with van der Waals surface area (Å²) >= 11 is 0. The van der Waals surface area contributed by atoms with Crippen LogP contribution < -0.4 is 0 Å². The van der Waals surface area contributed by atoms with Crippen molar-refractivity contribution in [3.63, 3.8) is 0 Å². The number of nitrogens with one attached hydrogen (secondary N) is 2. The number of H-pyrrole nitrogens is 2. The van der Waals surface area contributed by atoms with Gasteiger partial charge in [-0.15, -0.1) is 0 Å². The van der Waals surface area contributed by atoms with Gasteiger partial charge in [-0.05, 0) is 18.2 Å². The lowest BCUT2D eigenvalue weighted by atomic mass is 10.1. The van der Waals surface area contributed by atoms with Crippen LogP contribution in [0.15, 0.2) is 42.5 Å². The molecule has 4 rings (SSSR count). The van der Waals surface area contributed by atoms with E-state index in [0.29, 0.717) is 0 Å². The number of para-hydroxylation sites is 1. The molecule has 2 aromatic heterocycles. The first-order chi connectivity index (χ1) is 8.92. The Bertz CT molecular complexity index is 842. The lowest BCUT2D eigenvalue weighted by molar-refractivity contribution is 0.959. The van der Waals surface area contributed by atoms with Gasteiger partial charge in [-0.2, -0.15) is 20.5 Å². The van der Waals surface area contributed by atoms with E-state index in [1.807, 2.05) is 36.4 Å². The molecule has 4 aromatic rings. The van der Waals surface area contributed by atoms with Gasteiger partial charge in [0.05, 0.1) is 11.2 Å². The molecule has 0 aliphatic heterocycles. The maximum absolute atomic E-state index is 4.37. The molecule has 2 aromatic carbocycles. The zero-order chi connectivity index (χ0) is 11.9. The van der Waals surface area contributed by atoms with Crippen LogP contribution in [-0.2, 0) is 0 Å². The van der Waals surface area contributed by atoms with E-state index in [2.05, 4.69) is 31.7 Å². The van der Waals surface area contributed by atoms with Crippen LogP contribution in [-0.4, -0.2) is 25.6 Å². The van der Waals surface area contributed by atoms with Gasteiger partial charge >= 0.3 is 0 Å². The first-order valence-corrected chi connectivity index (χ1v) is 5.66. The van der Waals surface area contributed by atoms with Crippen LogP contribution in [0.3, 0.4) is 0 Å². The quantitative estimate of drug-likeness (QED) is 0.532. The van der Waals surface area contributed by atoms with Gasteiger partial charge in [-0.3, -0.25) is 5.10 Å². The lowest BCUT2D eigenvalue weighted by Crippen LogP contribution is -1.79. The van der Waals surface area contributed by atoms with E-state index in [1.54, 1.807) is 0 Å². The summed E-state index contributed by atoms with van der Waals surface area (Å²) in [6.45, 7) is 0. The molecular formula is C13H9N5. The maximum atomic E-state index is 4.37. The Hall–Kier alpha value is -2.69. The molecule has 2 N–H and O–H groups in total. The minimum absolute atomic E-state index is 0.847. The van der Waals surface area contributed by atoms with Gasteiger partial charge in [0.15, 0.2) is 0 Å².